The lowest BCUT2D eigenvalue weighted by atomic mass is 10.0. The quantitative estimate of drug-likeness (QED) is 0.273. The van der Waals surface area contributed by atoms with Crippen LogP contribution in [0, 0.1) is 5.82 Å². The van der Waals surface area contributed by atoms with Crippen LogP contribution in [0.15, 0.2) is 77.8 Å². The van der Waals surface area contributed by atoms with E-state index in [-0.39, 0.29) is 11.5 Å². The lowest BCUT2D eigenvalue weighted by Gasteiger charge is -2.22. The fourth-order valence-electron chi connectivity index (χ4n) is 4.03. The third-order valence-electron chi connectivity index (χ3n) is 6.13. The van der Waals surface area contributed by atoms with Gasteiger partial charge in [-0.3, -0.25) is 4.79 Å². The van der Waals surface area contributed by atoms with Crippen LogP contribution in [0.4, 0.5) is 15.9 Å². The standard InChI is InChI=1S/C28H27FN4O2S/c1-35-20-7-11-24(29)23(15-20)26(33-19-6-10-22-17(14-19)12-13-31-27(22)30)28(34)32-16-18-4-2-3-5-25(18)36-21-8-9-21/h2-7,10-15,21,26,33H,8-9,16H2,1H3,(H2,30,31)(H,32,34). The molecular weight excluding hydrogens is 475 g/mol. The van der Waals surface area contributed by atoms with E-state index in [1.54, 1.807) is 18.3 Å². The lowest BCUT2D eigenvalue weighted by molar-refractivity contribution is -0.122. The summed E-state index contributed by atoms with van der Waals surface area (Å²) in [5.41, 5.74) is 7.87. The number of hydrogen-bond acceptors (Lipinski definition) is 6. The van der Waals surface area contributed by atoms with Gasteiger partial charge in [-0.25, -0.2) is 9.37 Å². The van der Waals surface area contributed by atoms with Gasteiger partial charge in [-0.1, -0.05) is 18.2 Å². The van der Waals surface area contributed by atoms with Crippen molar-refractivity contribution in [3.05, 3.63) is 89.9 Å². The number of nitrogens with one attached hydrogen (secondary N) is 2. The van der Waals surface area contributed by atoms with Crippen molar-refractivity contribution in [2.45, 2.75) is 35.6 Å². The van der Waals surface area contributed by atoms with Gasteiger partial charge in [-0.05, 0) is 72.3 Å². The molecule has 0 aliphatic heterocycles. The maximum atomic E-state index is 15.0. The average molecular weight is 503 g/mol. The Bertz CT molecular complexity index is 1410. The number of ether oxygens (including phenoxy) is 1. The molecular formula is C28H27FN4O2S. The van der Waals surface area contributed by atoms with Crippen LogP contribution in [-0.4, -0.2) is 23.3 Å². The fraction of sp³-hybridized carbons (Fsp3) is 0.214. The van der Waals surface area contributed by atoms with E-state index in [4.69, 9.17) is 10.5 Å². The average Bonchev–Trinajstić information content (AvgIpc) is 3.71. The first-order valence-corrected chi connectivity index (χ1v) is 12.7. The van der Waals surface area contributed by atoms with Gasteiger partial charge in [0.2, 0.25) is 5.91 Å². The first-order chi connectivity index (χ1) is 17.5. The molecule has 4 aromatic rings. The molecule has 5 rings (SSSR count). The van der Waals surface area contributed by atoms with Crippen LogP contribution in [-0.2, 0) is 11.3 Å². The molecule has 1 atom stereocenters. The van der Waals surface area contributed by atoms with Gasteiger partial charge in [0.25, 0.3) is 0 Å². The Labute approximate surface area is 213 Å². The Kier molecular flexibility index (Phi) is 6.95. The number of thioether (sulfide) groups is 1. The number of fused-ring (bicyclic) bond motifs is 1. The van der Waals surface area contributed by atoms with Crippen LogP contribution < -0.4 is 21.1 Å². The van der Waals surface area contributed by atoms with Crippen LogP contribution in [0.2, 0.25) is 0 Å². The van der Waals surface area contributed by atoms with Crippen molar-refractivity contribution < 1.29 is 13.9 Å². The highest BCUT2D eigenvalue weighted by Crippen LogP contribution is 2.40. The summed E-state index contributed by atoms with van der Waals surface area (Å²) in [6.45, 7) is 0.346. The number of carbonyl (C=O) groups is 1. The molecule has 4 N–H and O–H groups in total. The van der Waals surface area contributed by atoms with E-state index >= 15 is 0 Å². The number of nitrogens with two attached hydrogens (primary N) is 1. The molecule has 1 aliphatic carbocycles. The number of rotatable bonds is 9. The molecule has 3 aromatic carbocycles. The summed E-state index contributed by atoms with van der Waals surface area (Å²) in [4.78, 5) is 18.8. The lowest BCUT2D eigenvalue weighted by Crippen LogP contribution is -2.33. The zero-order chi connectivity index (χ0) is 25.1. The molecule has 1 amide bonds. The largest absolute Gasteiger partial charge is 0.497 e. The van der Waals surface area contributed by atoms with Crippen molar-refractivity contribution in [2.75, 3.05) is 18.2 Å². The molecule has 1 aliphatic rings. The van der Waals surface area contributed by atoms with Crippen LogP contribution in [0.3, 0.4) is 0 Å². The second-order valence-corrected chi connectivity index (χ2v) is 10.1. The summed E-state index contributed by atoms with van der Waals surface area (Å²) < 4.78 is 20.3. The van der Waals surface area contributed by atoms with Gasteiger partial charge in [-0.15, -0.1) is 11.8 Å². The molecule has 0 radical (unpaired) electrons. The van der Waals surface area contributed by atoms with E-state index in [0.29, 0.717) is 29.0 Å². The first kappa shape index (κ1) is 23.9. The zero-order valence-corrected chi connectivity index (χ0v) is 20.6. The van der Waals surface area contributed by atoms with Gasteiger partial charge >= 0.3 is 0 Å². The smallest absolute Gasteiger partial charge is 0.247 e. The molecule has 1 saturated carbocycles. The van der Waals surface area contributed by atoms with E-state index in [0.717, 1.165) is 21.2 Å². The van der Waals surface area contributed by atoms with Crippen molar-refractivity contribution in [2.24, 2.45) is 0 Å². The van der Waals surface area contributed by atoms with Crippen molar-refractivity contribution in [3.63, 3.8) is 0 Å². The molecule has 1 heterocycles. The van der Waals surface area contributed by atoms with Crippen LogP contribution >= 0.6 is 11.8 Å². The normalized spacial score (nSPS) is 13.8. The van der Waals surface area contributed by atoms with Crippen LogP contribution in [0.1, 0.15) is 30.0 Å². The topological polar surface area (TPSA) is 89.3 Å². The number of hydrogen-bond donors (Lipinski definition) is 3. The van der Waals surface area contributed by atoms with E-state index in [9.17, 15) is 9.18 Å². The number of anilines is 2. The summed E-state index contributed by atoms with van der Waals surface area (Å²) >= 11 is 1.85. The van der Waals surface area contributed by atoms with Crippen molar-refractivity contribution in [3.8, 4) is 5.75 Å². The molecule has 1 unspecified atom stereocenters. The minimum atomic E-state index is -0.986. The molecule has 0 bridgehead atoms. The molecule has 1 fully saturated rings. The van der Waals surface area contributed by atoms with Gasteiger partial charge < -0.3 is 21.1 Å². The summed E-state index contributed by atoms with van der Waals surface area (Å²) in [5, 5.41) is 8.55. The number of amides is 1. The minimum absolute atomic E-state index is 0.196. The highest BCUT2D eigenvalue weighted by molar-refractivity contribution is 8.00. The minimum Gasteiger partial charge on any atom is -0.497 e. The van der Waals surface area contributed by atoms with E-state index in [1.807, 2.05) is 48.2 Å². The fourth-order valence-corrected chi connectivity index (χ4v) is 5.21. The number of methoxy groups -OCH3 is 1. The molecule has 6 nitrogen and oxygen atoms in total. The first-order valence-electron chi connectivity index (χ1n) is 11.8. The van der Waals surface area contributed by atoms with E-state index in [2.05, 4.69) is 21.7 Å². The van der Waals surface area contributed by atoms with Gasteiger partial charge in [0.1, 0.15) is 23.4 Å². The molecule has 0 saturated heterocycles. The molecule has 8 heteroatoms. The Balaban J connectivity index is 1.43. The number of nitrogen functional groups attached to an aromatic ring is 1. The molecule has 1 aromatic heterocycles. The van der Waals surface area contributed by atoms with E-state index in [1.165, 1.54) is 32.1 Å². The maximum Gasteiger partial charge on any atom is 0.247 e. The molecule has 0 spiro atoms. The Morgan fingerprint density at radius 1 is 1.17 bits per heavy atom. The van der Waals surface area contributed by atoms with Crippen LogP contribution in [0.5, 0.6) is 5.75 Å². The second-order valence-electron chi connectivity index (χ2n) is 8.74. The molecule has 36 heavy (non-hydrogen) atoms. The predicted molar refractivity (Wildman–Crippen MR) is 143 cm³/mol. The highest BCUT2D eigenvalue weighted by Gasteiger charge is 2.26. The van der Waals surface area contributed by atoms with Gasteiger partial charge in [0.15, 0.2) is 0 Å². The summed E-state index contributed by atoms with van der Waals surface area (Å²) in [6, 6.07) is 18.8. The number of halogens is 1. The number of nitrogens with zero attached hydrogens (tertiary/aromatic N) is 1. The molecule has 184 valence electrons. The maximum absolute atomic E-state index is 15.0. The van der Waals surface area contributed by atoms with Crippen molar-refractivity contribution >= 4 is 39.9 Å². The Morgan fingerprint density at radius 3 is 2.81 bits per heavy atom. The predicted octanol–water partition coefficient (Wildman–Crippen LogP) is 5.69. The van der Waals surface area contributed by atoms with Crippen LogP contribution in [0.25, 0.3) is 10.8 Å². The third-order valence-corrected chi connectivity index (χ3v) is 7.58. The Hall–Kier alpha value is -3.78. The van der Waals surface area contributed by atoms with E-state index < -0.39 is 11.9 Å². The van der Waals surface area contributed by atoms with Crippen molar-refractivity contribution in [1.82, 2.24) is 10.3 Å². The SMILES string of the molecule is COc1ccc(F)c(C(Nc2ccc3c(N)nccc3c2)C(=O)NCc2ccccc2SC2CC2)c1. The third kappa shape index (κ3) is 5.39. The van der Waals surface area contributed by atoms with Crippen molar-refractivity contribution in [1.29, 1.82) is 0 Å². The van der Waals surface area contributed by atoms with Gasteiger partial charge in [-0.2, -0.15) is 0 Å². The summed E-state index contributed by atoms with van der Waals surface area (Å²) in [5.74, 6) is 0.0505. The second kappa shape index (κ2) is 10.5. The number of benzene rings is 3. The summed E-state index contributed by atoms with van der Waals surface area (Å²) in [6.07, 6.45) is 4.07. The number of carbonyl (C=O) groups excluding carboxylic acids is 1. The number of pyridine rings is 1. The van der Waals surface area contributed by atoms with Gasteiger partial charge in [0.05, 0.1) is 7.11 Å². The number of aromatic nitrogens is 1. The highest BCUT2D eigenvalue weighted by atomic mass is 32.2. The monoisotopic (exact) mass is 502 g/mol. The summed E-state index contributed by atoms with van der Waals surface area (Å²) in [7, 11) is 1.51. The Morgan fingerprint density at radius 2 is 2.00 bits per heavy atom. The zero-order valence-electron chi connectivity index (χ0n) is 19.8. The van der Waals surface area contributed by atoms with Gasteiger partial charge in [0, 0.05) is 39.5 Å².